The third-order valence-electron chi connectivity index (χ3n) is 5.99. The SMILES string of the molecule is O=C1Nc2ccc(CCN3CCOCC3)cc2C1=Cc1cc2c(o1)CCCC2. The highest BCUT2D eigenvalue weighted by molar-refractivity contribution is 6.34. The van der Waals surface area contributed by atoms with E-state index < -0.39 is 0 Å². The lowest BCUT2D eigenvalue weighted by molar-refractivity contribution is -0.110. The fourth-order valence-electron chi connectivity index (χ4n) is 4.37. The maximum absolute atomic E-state index is 12.6. The van der Waals surface area contributed by atoms with Crippen molar-refractivity contribution in [1.29, 1.82) is 0 Å². The highest BCUT2D eigenvalue weighted by Crippen LogP contribution is 2.35. The number of nitrogens with zero attached hydrogens (tertiary/aromatic N) is 1. The van der Waals surface area contributed by atoms with Gasteiger partial charge in [0.1, 0.15) is 11.5 Å². The predicted molar refractivity (Wildman–Crippen MR) is 109 cm³/mol. The molecule has 2 aromatic rings. The van der Waals surface area contributed by atoms with Crippen molar-refractivity contribution in [3.8, 4) is 0 Å². The van der Waals surface area contributed by atoms with E-state index in [0.29, 0.717) is 5.57 Å². The third kappa shape index (κ3) is 3.52. The van der Waals surface area contributed by atoms with Gasteiger partial charge in [-0.3, -0.25) is 9.69 Å². The van der Waals surface area contributed by atoms with Gasteiger partial charge < -0.3 is 14.5 Å². The number of carbonyl (C=O) groups is 1. The number of nitrogens with one attached hydrogen (secondary N) is 1. The van der Waals surface area contributed by atoms with Crippen LogP contribution in [0.4, 0.5) is 5.69 Å². The molecule has 1 N–H and O–H groups in total. The van der Waals surface area contributed by atoms with Gasteiger partial charge in [0.15, 0.2) is 0 Å². The summed E-state index contributed by atoms with van der Waals surface area (Å²) in [7, 11) is 0. The second-order valence-corrected chi connectivity index (χ2v) is 7.90. The lowest BCUT2D eigenvalue weighted by Crippen LogP contribution is -2.37. The zero-order valence-electron chi connectivity index (χ0n) is 16.1. The molecule has 146 valence electrons. The fourth-order valence-corrected chi connectivity index (χ4v) is 4.37. The first-order valence-electron chi connectivity index (χ1n) is 10.3. The van der Waals surface area contributed by atoms with Gasteiger partial charge in [0.2, 0.25) is 0 Å². The quantitative estimate of drug-likeness (QED) is 0.827. The average molecular weight is 378 g/mol. The van der Waals surface area contributed by atoms with E-state index in [1.807, 2.05) is 12.1 Å². The Bertz CT molecular complexity index is 898. The molecule has 1 aromatic heterocycles. The number of furan rings is 1. The van der Waals surface area contributed by atoms with Crippen LogP contribution in [0, 0.1) is 0 Å². The molecule has 0 unspecified atom stereocenters. The Morgan fingerprint density at radius 2 is 1.96 bits per heavy atom. The van der Waals surface area contributed by atoms with Crippen LogP contribution >= 0.6 is 0 Å². The Morgan fingerprint density at radius 1 is 1.11 bits per heavy atom. The second-order valence-electron chi connectivity index (χ2n) is 7.90. The highest BCUT2D eigenvalue weighted by atomic mass is 16.5. The summed E-state index contributed by atoms with van der Waals surface area (Å²) in [6.07, 6.45) is 7.38. The van der Waals surface area contributed by atoms with Crippen LogP contribution < -0.4 is 5.32 Å². The largest absolute Gasteiger partial charge is 0.461 e. The normalized spacial score (nSPS) is 20.9. The molecular weight excluding hydrogens is 352 g/mol. The average Bonchev–Trinajstić information content (AvgIpc) is 3.27. The second kappa shape index (κ2) is 7.57. The van der Waals surface area contributed by atoms with Crippen molar-refractivity contribution in [2.24, 2.45) is 0 Å². The standard InChI is InChI=1S/C23H26N2O3/c26-23-20(15-18-14-17-3-1-2-4-22(17)28-18)19-13-16(5-6-21(19)24-23)7-8-25-9-11-27-12-10-25/h5-6,13-15H,1-4,7-12H2,(H,24,26). The fraction of sp³-hybridized carbons (Fsp3) is 0.435. The van der Waals surface area contributed by atoms with Gasteiger partial charge >= 0.3 is 0 Å². The van der Waals surface area contributed by atoms with E-state index >= 15 is 0 Å². The molecule has 1 aromatic carbocycles. The number of amides is 1. The lowest BCUT2D eigenvalue weighted by atomic mass is 9.98. The number of hydrogen-bond acceptors (Lipinski definition) is 4. The summed E-state index contributed by atoms with van der Waals surface area (Å²) in [6, 6.07) is 8.40. The Balaban J connectivity index is 1.37. The van der Waals surface area contributed by atoms with Gasteiger partial charge in [-0.25, -0.2) is 0 Å². The zero-order chi connectivity index (χ0) is 18.9. The topological polar surface area (TPSA) is 54.7 Å². The first-order valence-corrected chi connectivity index (χ1v) is 10.3. The highest BCUT2D eigenvalue weighted by Gasteiger charge is 2.25. The van der Waals surface area contributed by atoms with Crippen molar-refractivity contribution >= 4 is 23.2 Å². The zero-order valence-corrected chi connectivity index (χ0v) is 16.1. The third-order valence-corrected chi connectivity index (χ3v) is 5.99. The first-order chi connectivity index (χ1) is 13.8. The molecule has 1 amide bonds. The van der Waals surface area contributed by atoms with E-state index in [2.05, 4.69) is 28.4 Å². The van der Waals surface area contributed by atoms with Crippen LogP contribution in [-0.4, -0.2) is 43.7 Å². The summed E-state index contributed by atoms with van der Waals surface area (Å²) >= 11 is 0. The minimum atomic E-state index is -0.0466. The van der Waals surface area contributed by atoms with Crippen LogP contribution in [0.25, 0.3) is 11.6 Å². The summed E-state index contributed by atoms with van der Waals surface area (Å²) in [5.74, 6) is 1.84. The molecule has 1 saturated heterocycles. The molecular formula is C23H26N2O3. The summed E-state index contributed by atoms with van der Waals surface area (Å²) in [6.45, 7) is 4.66. The number of fused-ring (bicyclic) bond motifs is 2. The van der Waals surface area contributed by atoms with Crippen molar-refractivity contribution in [2.75, 3.05) is 38.2 Å². The number of aryl methyl sites for hydroxylation is 2. The van der Waals surface area contributed by atoms with Gasteiger partial charge in [-0.2, -0.15) is 0 Å². The molecule has 0 bridgehead atoms. The minimum absolute atomic E-state index is 0.0466. The summed E-state index contributed by atoms with van der Waals surface area (Å²) in [5.41, 5.74) is 5.14. The molecule has 1 fully saturated rings. The Labute approximate surface area is 165 Å². The molecule has 0 spiro atoms. The van der Waals surface area contributed by atoms with Gasteiger partial charge in [0.25, 0.3) is 5.91 Å². The van der Waals surface area contributed by atoms with Gasteiger partial charge in [0.05, 0.1) is 18.8 Å². The van der Waals surface area contributed by atoms with Crippen molar-refractivity contribution in [2.45, 2.75) is 32.1 Å². The number of carbonyl (C=O) groups excluding carboxylic acids is 1. The van der Waals surface area contributed by atoms with Crippen molar-refractivity contribution in [1.82, 2.24) is 4.90 Å². The number of ether oxygens (including phenoxy) is 1. The van der Waals surface area contributed by atoms with E-state index in [-0.39, 0.29) is 5.91 Å². The van der Waals surface area contributed by atoms with Crippen LogP contribution in [0.15, 0.2) is 28.7 Å². The van der Waals surface area contributed by atoms with E-state index in [1.54, 1.807) is 0 Å². The van der Waals surface area contributed by atoms with Gasteiger partial charge in [-0.1, -0.05) is 6.07 Å². The van der Waals surface area contributed by atoms with Gasteiger partial charge in [-0.15, -0.1) is 0 Å². The van der Waals surface area contributed by atoms with E-state index in [1.165, 1.54) is 24.0 Å². The number of rotatable bonds is 4. The molecule has 2 aliphatic heterocycles. The Morgan fingerprint density at radius 3 is 2.82 bits per heavy atom. The molecule has 5 rings (SSSR count). The molecule has 0 saturated carbocycles. The van der Waals surface area contributed by atoms with Crippen molar-refractivity contribution in [3.05, 3.63) is 52.5 Å². The van der Waals surface area contributed by atoms with E-state index in [4.69, 9.17) is 9.15 Å². The number of benzene rings is 1. The summed E-state index contributed by atoms with van der Waals surface area (Å²) in [4.78, 5) is 15.0. The molecule has 3 aliphatic rings. The van der Waals surface area contributed by atoms with Crippen LogP contribution in [0.3, 0.4) is 0 Å². The summed E-state index contributed by atoms with van der Waals surface area (Å²) in [5, 5.41) is 2.99. The van der Waals surface area contributed by atoms with Crippen LogP contribution in [-0.2, 0) is 28.8 Å². The number of hydrogen-bond donors (Lipinski definition) is 1. The van der Waals surface area contributed by atoms with E-state index in [9.17, 15) is 4.79 Å². The predicted octanol–water partition coefficient (Wildman–Crippen LogP) is 3.53. The summed E-state index contributed by atoms with van der Waals surface area (Å²) < 4.78 is 11.4. The van der Waals surface area contributed by atoms with Crippen LogP contribution in [0.5, 0.6) is 0 Å². The monoisotopic (exact) mass is 378 g/mol. The molecule has 1 aliphatic carbocycles. The van der Waals surface area contributed by atoms with Gasteiger partial charge in [0, 0.05) is 37.3 Å². The molecule has 0 radical (unpaired) electrons. The van der Waals surface area contributed by atoms with E-state index in [0.717, 1.165) is 74.9 Å². The smallest absolute Gasteiger partial charge is 0.256 e. The maximum atomic E-state index is 12.6. The molecule has 3 heterocycles. The lowest BCUT2D eigenvalue weighted by Gasteiger charge is -2.26. The van der Waals surface area contributed by atoms with Crippen LogP contribution in [0.2, 0.25) is 0 Å². The van der Waals surface area contributed by atoms with Crippen molar-refractivity contribution < 1.29 is 13.9 Å². The number of morpholine rings is 1. The Kier molecular flexibility index (Phi) is 4.79. The first kappa shape index (κ1) is 17.7. The molecule has 5 nitrogen and oxygen atoms in total. The van der Waals surface area contributed by atoms with Crippen LogP contribution in [0.1, 0.15) is 41.1 Å². The van der Waals surface area contributed by atoms with Gasteiger partial charge in [-0.05, 0) is 61.1 Å². The minimum Gasteiger partial charge on any atom is -0.461 e. The van der Waals surface area contributed by atoms with Crippen molar-refractivity contribution in [3.63, 3.8) is 0 Å². The molecule has 0 atom stereocenters. The maximum Gasteiger partial charge on any atom is 0.256 e. The molecule has 28 heavy (non-hydrogen) atoms. The molecule has 5 heteroatoms. The number of anilines is 1. The Hall–Kier alpha value is -2.37.